The lowest BCUT2D eigenvalue weighted by Gasteiger charge is -2.38. The van der Waals surface area contributed by atoms with E-state index < -0.39 is 11.5 Å². The number of carboxylic acid groups (broad SMARTS) is 1. The third-order valence-corrected chi connectivity index (χ3v) is 5.84. The standard InChI is InChI=1S/C16H25NO3/c1-10-3-2-6-16(9-10,15(19)20)17-14(18)13-8-11-4-5-12(13)7-11/h10-13H,2-9H2,1H3,(H,17,18)(H,19,20). The molecule has 3 aliphatic rings. The monoisotopic (exact) mass is 279 g/mol. The predicted molar refractivity (Wildman–Crippen MR) is 75.1 cm³/mol. The SMILES string of the molecule is CC1CCCC(NC(=O)C2CC3CCC2C3)(C(=O)O)C1. The van der Waals surface area contributed by atoms with Crippen LogP contribution in [0.5, 0.6) is 0 Å². The quantitative estimate of drug-likeness (QED) is 0.834. The van der Waals surface area contributed by atoms with E-state index in [0.717, 1.165) is 25.7 Å². The molecule has 2 bridgehead atoms. The Morgan fingerprint density at radius 3 is 2.55 bits per heavy atom. The summed E-state index contributed by atoms with van der Waals surface area (Å²) >= 11 is 0. The third kappa shape index (κ3) is 2.33. The van der Waals surface area contributed by atoms with Gasteiger partial charge in [-0.1, -0.05) is 26.2 Å². The molecule has 3 fully saturated rings. The van der Waals surface area contributed by atoms with Crippen LogP contribution in [0.4, 0.5) is 0 Å². The summed E-state index contributed by atoms with van der Waals surface area (Å²) in [6, 6.07) is 0. The number of carbonyl (C=O) groups excluding carboxylic acids is 1. The number of hydrogen-bond donors (Lipinski definition) is 2. The lowest BCUT2D eigenvalue weighted by molar-refractivity contribution is -0.151. The van der Waals surface area contributed by atoms with Gasteiger partial charge in [0.25, 0.3) is 0 Å². The first-order valence-electron chi connectivity index (χ1n) is 8.05. The van der Waals surface area contributed by atoms with Gasteiger partial charge in [-0.2, -0.15) is 0 Å². The second-order valence-corrected chi connectivity index (χ2v) is 7.36. The molecule has 4 nitrogen and oxygen atoms in total. The van der Waals surface area contributed by atoms with E-state index in [1.807, 2.05) is 0 Å². The molecule has 3 aliphatic carbocycles. The number of aliphatic carboxylic acids is 1. The van der Waals surface area contributed by atoms with E-state index in [9.17, 15) is 14.7 Å². The maximum atomic E-state index is 12.5. The molecule has 0 saturated heterocycles. The van der Waals surface area contributed by atoms with E-state index in [0.29, 0.717) is 30.6 Å². The van der Waals surface area contributed by atoms with Crippen molar-refractivity contribution < 1.29 is 14.7 Å². The summed E-state index contributed by atoms with van der Waals surface area (Å²) in [4.78, 5) is 24.3. The number of amides is 1. The second kappa shape index (κ2) is 5.05. The van der Waals surface area contributed by atoms with Crippen LogP contribution in [-0.4, -0.2) is 22.5 Å². The highest BCUT2D eigenvalue weighted by Crippen LogP contribution is 2.48. The van der Waals surface area contributed by atoms with Crippen LogP contribution in [-0.2, 0) is 9.59 Å². The van der Waals surface area contributed by atoms with Crippen LogP contribution >= 0.6 is 0 Å². The summed E-state index contributed by atoms with van der Waals surface area (Å²) in [6.07, 6.45) is 7.68. The maximum absolute atomic E-state index is 12.5. The fraction of sp³-hybridized carbons (Fsp3) is 0.875. The second-order valence-electron chi connectivity index (χ2n) is 7.36. The van der Waals surface area contributed by atoms with Gasteiger partial charge < -0.3 is 10.4 Å². The Balaban J connectivity index is 1.70. The fourth-order valence-electron chi connectivity index (χ4n) is 4.81. The minimum Gasteiger partial charge on any atom is -0.480 e. The normalized spacial score (nSPS) is 43.5. The highest BCUT2D eigenvalue weighted by atomic mass is 16.4. The molecule has 0 radical (unpaired) electrons. The van der Waals surface area contributed by atoms with Gasteiger partial charge in [0, 0.05) is 5.92 Å². The fourth-order valence-corrected chi connectivity index (χ4v) is 4.81. The van der Waals surface area contributed by atoms with Gasteiger partial charge in [-0.3, -0.25) is 4.79 Å². The zero-order valence-electron chi connectivity index (χ0n) is 12.2. The Morgan fingerprint density at radius 1 is 1.20 bits per heavy atom. The highest BCUT2D eigenvalue weighted by molar-refractivity contribution is 5.88. The van der Waals surface area contributed by atoms with E-state index in [-0.39, 0.29) is 11.8 Å². The van der Waals surface area contributed by atoms with Crippen LogP contribution in [0.25, 0.3) is 0 Å². The Labute approximate surface area is 120 Å². The molecular formula is C16H25NO3. The first kappa shape index (κ1) is 13.9. The van der Waals surface area contributed by atoms with Crippen molar-refractivity contribution in [3.05, 3.63) is 0 Å². The van der Waals surface area contributed by atoms with Crippen LogP contribution < -0.4 is 5.32 Å². The highest BCUT2D eigenvalue weighted by Gasteiger charge is 2.48. The summed E-state index contributed by atoms with van der Waals surface area (Å²) in [5, 5.41) is 12.6. The summed E-state index contributed by atoms with van der Waals surface area (Å²) in [7, 11) is 0. The van der Waals surface area contributed by atoms with Crippen molar-refractivity contribution in [2.24, 2.45) is 23.7 Å². The number of carbonyl (C=O) groups is 2. The Morgan fingerprint density at radius 2 is 2.00 bits per heavy atom. The van der Waals surface area contributed by atoms with Crippen molar-refractivity contribution in [1.82, 2.24) is 5.32 Å². The van der Waals surface area contributed by atoms with Crippen LogP contribution in [0, 0.1) is 23.7 Å². The summed E-state index contributed by atoms with van der Waals surface area (Å²) < 4.78 is 0. The maximum Gasteiger partial charge on any atom is 0.329 e. The summed E-state index contributed by atoms with van der Waals surface area (Å²) in [5.74, 6) is 0.824. The van der Waals surface area contributed by atoms with Gasteiger partial charge in [0.15, 0.2) is 0 Å². The minimum atomic E-state index is -1.00. The van der Waals surface area contributed by atoms with E-state index in [2.05, 4.69) is 12.2 Å². The van der Waals surface area contributed by atoms with E-state index in [1.54, 1.807) is 0 Å². The number of carboxylic acids is 1. The van der Waals surface area contributed by atoms with Gasteiger partial charge >= 0.3 is 5.97 Å². The molecule has 0 aromatic heterocycles. The lowest BCUT2D eigenvalue weighted by Crippen LogP contribution is -2.58. The van der Waals surface area contributed by atoms with Crippen molar-refractivity contribution in [2.75, 3.05) is 0 Å². The van der Waals surface area contributed by atoms with E-state index >= 15 is 0 Å². The zero-order valence-corrected chi connectivity index (χ0v) is 12.2. The van der Waals surface area contributed by atoms with Crippen molar-refractivity contribution in [3.63, 3.8) is 0 Å². The van der Waals surface area contributed by atoms with Crippen LogP contribution in [0.15, 0.2) is 0 Å². The topological polar surface area (TPSA) is 66.4 Å². The van der Waals surface area contributed by atoms with Gasteiger partial charge in [0.2, 0.25) is 5.91 Å². The molecule has 1 amide bonds. The average Bonchev–Trinajstić information content (AvgIpc) is 3.00. The molecule has 0 spiro atoms. The van der Waals surface area contributed by atoms with Gasteiger partial charge in [-0.25, -0.2) is 4.79 Å². The molecule has 0 heterocycles. The van der Waals surface area contributed by atoms with Crippen molar-refractivity contribution >= 4 is 11.9 Å². The number of nitrogens with one attached hydrogen (secondary N) is 1. The smallest absolute Gasteiger partial charge is 0.329 e. The summed E-state index contributed by atoms with van der Waals surface area (Å²) in [5.41, 5.74) is -1.00. The first-order valence-corrected chi connectivity index (χ1v) is 8.05. The molecule has 5 unspecified atom stereocenters. The van der Waals surface area contributed by atoms with Gasteiger partial charge in [0.05, 0.1) is 0 Å². The first-order chi connectivity index (χ1) is 9.50. The predicted octanol–water partition coefficient (Wildman–Crippen LogP) is 2.57. The van der Waals surface area contributed by atoms with Gasteiger partial charge in [-0.15, -0.1) is 0 Å². The number of hydrogen-bond acceptors (Lipinski definition) is 2. The van der Waals surface area contributed by atoms with Crippen LogP contribution in [0.2, 0.25) is 0 Å². The third-order valence-electron chi connectivity index (χ3n) is 5.84. The molecule has 112 valence electrons. The van der Waals surface area contributed by atoms with E-state index in [1.165, 1.54) is 12.8 Å². The van der Waals surface area contributed by atoms with Gasteiger partial charge in [-0.05, 0) is 49.9 Å². The number of rotatable bonds is 3. The Kier molecular flexibility index (Phi) is 3.51. The molecule has 3 saturated carbocycles. The van der Waals surface area contributed by atoms with Crippen molar-refractivity contribution in [1.29, 1.82) is 0 Å². The molecule has 0 aliphatic heterocycles. The minimum absolute atomic E-state index is 0.00806. The largest absolute Gasteiger partial charge is 0.480 e. The Hall–Kier alpha value is -1.06. The Bertz CT molecular complexity index is 422. The van der Waals surface area contributed by atoms with Crippen LogP contribution in [0.1, 0.15) is 58.3 Å². The van der Waals surface area contributed by atoms with Crippen LogP contribution in [0.3, 0.4) is 0 Å². The molecule has 2 N–H and O–H groups in total. The molecule has 0 aromatic rings. The molecule has 5 atom stereocenters. The van der Waals surface area contributed by atoms with Gasteiger partial charge in [0.1, 0.15) is 5.54 Å². The van der Waals surface area contributed by atoms with E-state index in [4.69, 9.17) is 0 Å². The molecule has 20 heavy (non-hydrogen) atoms. The van der Waals surface area contributed by atoms with Crippen molar-refractivity contribution in [3.8, 4) is 0 Å². The molecule has 0 aromatic carbocycles. The molecule has 3 rings (SSSR count). The number of fused-ring (bicyclic) bond motifs is 2. The zero-order chi connectivity index (χ0) is 14.3. The van der Waals surface area contributed by atoms with Crippen molar-refractivity contribution in [2.45, 2.75) is 63.8 Å². The average molecular weight is 279 g/mol. The lowest BCUT2D eigenvalue weighted by atomic mass is 9.75. The molecule has 4 heteroatoms. The summed E-state index contributed by atoms with van der Waals surface area (Å²) in [6.45, 7) is 2.08. The molecular weight excluding hydrogens is 254 g/mol.